The van der Waals surface area contributed by atoms with E-state index < -0.39 is 0 Å². The molecule has 0 unspecified atom stereocenters. The summed E-state index contributed by atoms with van der Waals surface area (Å²) >= 11 is 0. The summed E-state index contributed by atoms with van der Waals surface area (Å²) in [7, 11) is 0. The lowest BCUT2D eigenvalue weighted by Crippen LogP contribution is -2.42. The maximum atomic E-state index is 9.93. The van der Waals surface area contributed by atoms with Crippen molar-refractivity contribution in [2.24, 2.45) is 11.3 Å². The molecule has 0 heterocycles. The fraction of sp³-hybridized carbons (Fsp3) is 0.474. The van der Waals surface area contributed by atoms with Crippen molar-refractivity contribution < 1.29 is 5.11 Å². The lowest BCUT2D eigenvalue weighted by Gasteiger charge is -2.49. The van der Waals surface area contributed by atoms with E-state index in [1.165, 1.54) is 30.4 Å². The summed E-state index contributed by atoms with van der Waals surface area (Å²) in [6.45, 7) is 10.8. The molecule has 20 heavy (non-hydrogen) atoms. The Morgan fingerprint density at radius 1 is 1.30 bits per heavy atom. The second-order valence-electron chi connectivity index (χ2n) is 7.12. The Kier molecular flexibility index (Phi) is 2.86. The van der Waals surface area contributed by atoms with E-state index in [-0.39, 0.29) is 10.8 Å². The van der Waals surface area contributed by atoms with E-state index in [9.17, 15) is 5.11 Å². The first kappa shape index (κ1) is 13.5. The number of aromatic hydroxyl groups is 1. The van der Waals surface area contributed by atoms with Crippen molar-refractivity contribution in [2.75, 3.05) is 0 Å². The van der Waals surface area contributed by atoms with Gasteiger partial charge in [-0.1, -0.05) is 38.1 Å². The van der Waals surface area contributed by atoms with Crippen molar-refractivity contribution in [3.63, 3.8) is 0 Å². The van der Waals surface area contributed by atoms with Gasteiger partial charge >= 0.3 is 0 Å². The Labute approximate surface area is 122 Å². The molecule has 2 aliphatic carbocycles. The number of allylic oxidation sites excluding steroid dienone is 2. The fourth-order valence-electron chi connectivity index (χ4n) is 4.00. The van der Waals surface area contributed by atoms with Gasteiger partial charge in [-0.15, -0.1) is 6.58 Å². The molecule has 1 saturated carbocycles. The minimum atomic E-state index is 0.199. The number of phenolic OH excluding ortho intramolecular Hbond substituents is 1. The van der Waals surface area contributed by atoms with Gasteiger partial charge < -0.3 is 5.11 Å². The van der Waals surface area contributed by atoms with Crippen LogP contribution >= 0.6 is 0 Å². The lowest BCUT2D eigenvalue weighted by atomic mass is 9.54. The van der Waals surface area contributed by atoms with Crippen molar-refractivity contribution in [1.29, 1.82) is 0 Å². The van der Waals surface area contributed by atoms with Crippen molar-refractivity contribution in [1.82, 2.24) is 0 Å². The van der Waals surface area contributed by atoms with Crippen LogP contribution in [-0.4, -0.2) is 5.11 Å². The molecular weight excluding hydrogens is 244 g/mol. The molecule has 3 atom stereocenters. The van der Waals surface area contributed by atoms with Gasteiger partial charge in [0.05, 0.1) is 0 Å². The summed E-state index contributed by atoms with van der Waals surface area (Å²) in [5, 5.41) is 9.93. The molecule has 2 aliphatic rings. The Hall–Kier alpha value is -1.50. The van der Waals surface area contributed by atoms with E-state index >= 15 is 0 Å². The van der Waals surface area contributed by atoms with Gasteiger partial charge in [0.2, 0.25) is 0 Å². The van der Waals surface area contributed by atoms with Crippen molar-refractivity contribution in [3.8, 4) is 5.75 Å². The molecule has 0 spiro atoms. The third kappa shape index (κ3) is 1.76. The summed E-state index contributed by atoms with van der Waals surface area (Å²) < 4.78 is 0. The molecule has 0 radical (unpaired) electrons. The molecule has 1 heteroatoms. The van der Waals surface area contributed by atoms with Gasteiger partial charge in [0.25, 0.3) is 0 Å². The minimum absolute atomic E-state index is 0.199. The molecule has 0 saturated heterocycles. The third-order valence-electron chi connectivity index (χ3n) is 5.81. The summed E-state index contributed by atoms with van der Waals surface area (Å²) in [5.74, 6) is 0.970. The molecule has 1 N–H and O–H groups in total. The van der Waals surface area contributed by atoms with Crippen molar-refractivity contribution in [3.05, 3.63) is 47.6 Å². The van der Waals surface area contributed by atoms with Gasteiger partial charge in [-0.2, -0.15) is 0 Å². The Morgan fingerprint density at radius 2 is 2.05 bits per heavy atom. The van der Waals surface area contributed by atoms with Crippen LogP contribution in [0.4, 0.5) is 0 Å². The van der Waals surface area contributed by atoms with E-state index in [0.29, 0.717) is 11.7 Å². The van der Waals surface area contributed by atoms with Crippen molar-refractivity contribution >= 4 is 6.08 Å². The van der Waals surface area contributed by atoms with Crippen LogP contribution in [0.5, 0.6) is 5.75 Å². The zero-order valence-corrected chi connectivity index (χ0v) is 12.7. The number of hydrogen-bond donors (Lipinski definition) is 1. The van der Waals surface area contributed by atoms with Crippen LogP contribution in [0, 0.1) is 18.3 Å². The monoisotopic (exact) mass is 268 g/mol. The zero-order valence-electron chi connectivity index (χ0n) is 12.7. The second-order valence-corrected chi connectivity index (χ2v) is 7.12. The number of hydrogen-bond acceptors (Lipinski definition) is 1. The highest BCUT2D eigenvalue weighted by Crippen LogP contribution is 2.54. The molecule has 1 fully saturated rings. The summed E-state index contributed by atoms with van der Waals surface area (Å²) in [6, 6.07) is 3.99. The highest BCUT2D eigenvalue weighted by Gasteiger charge is 2.45. The Balaban J connectivity index is 2.09. The molecule has 1 nitrogen and oxygen atoms in total. The molecule has 0 bridgehead atoms. The summed E-state index contributed by atoms with van der Waals surface area (Å²) in [6.07, 6.45) is 10.3. The van der Waals surface area contributed by atoms with E-state index in [0.717, 1.165) is 5.56 Å². The number of phenols is 1. The normalized spacial score (nSPS) is 35.2. The molecule has 0 aliphatic heterocycles. The highest BCUT2D eigenvalue weighted by atomic mass is 16.3. The molecule has 0 amide bonds. The van der Waals surface area contributed by atoms with Crippen LogP contribution in [-0.2, 0) is 5.41 Å². The van der Waals surface area contributed by atoms with E-state index in [4.69, 9.17) is 0 Å². The number of fused-ring (bicyclic) bond motifs is 3. The maximum absolute atomic E-state index is 9.93. The van der Waals surface area contributed by atoms with E-state index in [1.54, 1.807) is 0 Å². The predicted octanol–water partition coefficient (Wildman–Crippen LogP) is 4.98. The molecular formula is C19H24O. The van der Waals surface area contributed by atoms with Crippen LogP contribution in [0.1, 0.15) is 49.8 Å². The van der Waals surface area contributed by atoms with Crippen molar-refractivity contribution in [2.45, 2.75) is 45.4 Å². The van der Waals surface area contributed by atoms with Gasteiger partial charge in [0, 0.05) is 0 Å². The first-order valence-electron chi connectivity index (χ1n) is 7.54. The number of benzene rings is 1. The first-order chi connectivity index (χ1) is 9.39. The first-order valence-corrected chi connectivity index (χ1v) is 7.54. The van der Waals surface area contributed by atoms with Crippen LogP contribution in [0.3, 0.4) is 0 Å². The van der Waals surface area contributed by atoms with Gasteiger partial charge in [-0.25, -0.2) is 0 Å². The van der Waals surface area contributed by atoms with Crippen LogP contribution < -0.4 is 0 Å². The fourth-order valence-corrected chi connectivity index (χ4v) is 4.00. The standard InChI is InChI=1S/C19H24O/c1-5-18(3)10-11-19(4)14(12-18)6-7-15-13(2)17(20)9-8-16(15)19/h5-9,14,20H,1,10-12H2,2-4H3/t14-,18-,19-/m1/s1. The summed E-state index contributed by atoms with van der Waals surface area (Å²) in [5.41, 5.74) is 4.11. The predicted molar refractivity (Wildman–Crippen MR) is 84.9 cm³/mol. The summed E-state index contributed by atoms with van der Waals surface area (Å²) in [4.78, 5) is 0. The molecule has 3 rings (SSSR count). The average Bonchev–Trinajstić information content (AvgIpc) is 2.44. The van der Waals surface area contributed by atoms with Crippen LogP contribution in [0.25, 0.3) is 6.08 Å². The SMILES string of the molecule is C=C[C@]1(C)CC[C@@]2(C)c3ccc(O)c(C)c3C=C[C@@H]2C1. The Morgan fingerprint density at radius 3 is 2.75 bits per heavy atom. The largest absolute Gasteiger partial charge is 0.508 e. The second kappa shape index (κ2) is 4.25. The zero-order chi connectivity index (χ0) is 14.5. The number of rotatable bonds is 1. The third-order valence-corrected chi connectivity index (χ3v) is 5.81. The molecule has 1 aromatic carbocycles. The van der Waals surface area contributed by atoms with Crippen LogP contribution in [0.2, 0.25) is 0 Å². The lowest BCUT2D eigenvalue weighted by molar-refractivity contribution is 0.147. The van der Waals surface area contributed by atoms with E-state index in [2.05, 4.69) is 44.7 Å². The van der Waals surface area contributed by atoms with Gasteiger partial charge in [-0.05, 0) is 65.7 Å². The Bertz CT molecular complexity index is 598. The average molecular weight is 268 g/mol. The molecule has 1 aromatic rings. The topological polar surface area (TPSA) is 20.2 Å². The maximum Gasteiger partial charge on any atom is 0.119 e. The quantitative estimate of drug-likeness (QED) is 0.712. The molecule has 0 aromatic heterocycles. The highest BCUT2D eigenvalue weighted by molar-refractivity contribution is 5.66. The van der Waals surface area contributed by atoms with Gasteiger partial charge in [0.1, 0.15) is 5.75 Å². The van der Waals surface area contributed by atoms with Crippen LogP contribution in [0.15, 0.2) is 30.9 Å². The van der Waals surface area contributed by atoms with Gasteiger partial charge in [0.15, 0.2) is 0 Å². The minimum Gasteiger partial charge on any atom is -0.508 e. The van der Waals surface area contributed by atoms with Gasteiger partial charge in [-0.3, -0.25) is 0 Å². The molecule has 106 valence electrons. The van der Waals surface area contributed by atoms with E-state index in [1.807, 2.05) is 13.0 Å². The smallest absolute Gasteiger partial charge is 0.119 e.